The van der Waals surface area contributed by atoms with E-state index in [0.717, 1.165) is 21.1 Å². The van der Waals surface area contributed by atoms with Crippen LogP contribution < -0.4 is 31.3 Å². The van der Waals surface area contributed by atoms with E-state index in [1.54, 1.807) is 69.9 Å². The van der Waals surface area contributed by atoms with E-state index in [1.165, 1.54) is 95.1 Å². The summed E-state index contributed by atoms with van der Waals surface area (Å²) >= 11 is 6.52. The van der Waals surface area contributed by atoms with Crippen LogP contribution in [-0.2, 0) is 75.1 Å². The Balaban J connectivity index is 2.06. The second-order valence-corrected chi connectivity index (χ2v) is 32.3. The van der Waals surface area contributed by atoms with Crippen molar-refractivity contribution in [3.05, 3.63) is 64.2 Å². The minimum absolute atomic E-state index is 0.0300. The molecule has 30 heteroatoms. The van der Waals surface area contributed by atoms with Gasteiger partial charge in [-0.25, -0.2) is 0 Å². The van der Waals surface area contributed by atoms with Crippen molar-refractivity contribution in [2.75, 3.05) is 95.8 Å². The highest BCUT2D eigenvalue weighted by Gasteiger charge is 2.44. The molecule has 109 heavy (non-hydrogen) atoms. The number of hydrogen-bond acceptors (Lipinski definition) is 16. The lowest BCUT2D eigenvalue weighted by molar-refractivity contribution is -0.152. The van der Waals surface area contributed by atoms with E-state index < -0.39 is 169 Å². The van der Waals surface area contributed by atoms with Crippen LogP contribution in [0.1, 0.15) is 176 Å². The van der Waals surface area contributed by atoms with Crippen LogP contribution in [0.4, 0.5) is 0 Å². The van der Waals surface area contributed by atoms with Crippen molar-refractivity contribution in [2.45, 2.75) is 233 Å². The van der Waals surface area contributed by atoms with Crippen molar-refractivity contribution in [1.29, 1.82) is 0 Å². The van der Waals surface area contributed by atoms with E-state index in [9.17, 15) is 29.1 Å². The predicted octanol–water partition coefficient (Wildman–Crippen LogP) is 4.45. The van der Waals surface area contributed by atoms with Gasteiger partial charge >= 0.3 is 0 Å². The lowest BCUT2D eigenvalue weighted by Gasteiger charge is -2.38. The number of halogens is 1. The number of nitrogens with zero attached hydrogens (tertiary/aromatic N) is 8. The number of hydrogen-bond donors (Lipinski definition) is 6. The Hall–Kier alpha value is -8.44. The summed E-state index contributed by atoms with van der Waals surface area (Å²) in [6.07, 6.45) is 0.397. The highest BCUT2D eigenvalue weighted by molar-refractivity contribution is 6.30. The summed E-state index contributed by atoms with van der Waals surface area (Å²) in [5, 5.41) is 25.7. The van der Waals surface area contributed by atoms with Crippen molar-refractivity contribution in [1.82, 2.24) is 65.8 Å². The quantitative estimate of drug-likeness (QED) is 0.101. The molecule has 2 aromatic rings. The number of unbranched alkanes of at least 4 members (excludes halogenated alkanes) is 1. The summed E-state index contributed by atoms with van der Waals surface area (Å²) in [5.41, 5.74) is 0.127. The predicted molar refractivity (Wildman–Crippen MR) is 415 cm³/mol. The molecule has 2 aliphatic heterocycles. The second-order valence-electron chi connectivity index (χ2n) is 31.9. The van der Waals surface area contributed by atoms with Crippen molar-refractivity contribution in [3.8, 4) is 5.75 Å². The van der Waals surface area contributed by atoms with Gasteiger partial charge in [0.25, 0.3) is 5.91 Å². The molecule has 29 nitrogen and oxygen atoms in total. The molecule has 0 radical (unpaired) electrons. The number of carbonyl (C=O) groups excluding carboxylic acids is 13. The summed E-state index contributed by atoms with van der Waals surface area (Å²) < 4.78 is 11.8. The Labute approximate surface area is 650 Å². The molecule has 2 fully saturated rings. The average Bonchev–Trinajstić information content (AvgIpc) is 0.818. The van der Waals surface area contributed by atoms with Crippen LogP contribution in [-0.4, -0.2) is 283 Å². The molecule has 0 bridgehead atoms. The number of likely N-dealkylation sites (tertiary alicyclic amines) is 1. The Bertz CT molecular complexity index is 3470. The van der Waals surface area contributed by atoms with Gasteiger partial charge in [-0.1, -0.05) is 98.5 Å². The van der Waals surface area contributed by atoms with Crippen molar-refractivity contribution >= 4 is 88.4 Å². The highest BCUT2D eigenvalue weighted by atomic mass is 35.5. The van der Waals surface area contributed by atoms with E-state index in [-0.39, 0.29) is 80.1 Å². The number of piperidine rings is 1. The van der Waals surface area contributed by atoms with Gasteiger partial charge in [-0.15, -0.1) is 0 Å². The Kier molecular flexibility index (Phi) is 36.9. The minimum atomic E-state index is -1.72. The smallest absolute Gasteiger partial charge is 0.254 e. The molecule has 10 atom stereocenters. The number of rotatable bonds is 21. The van der Waals surface area contributed by atoms with E-state index in [0.29, 0.717) is 54.9 Å². The van der Waals surface area contributed by atoms with Gasteiger partial charge < -0.3 is 80.4 Å². The molecule has 2 aromatic carbocycles. The molecule has 4 rings (SSSR count). The molecule has 0 spiro atoms. The maximum absolute atomic E-state index is 15.7. The second kappa shape index (κ2) is 43.2. The third-order valence-electron chi connectivity index (χ3n) is 19.8. The maximum atomic E-state index is 15.7. The molecule has 610 valence electrons. The summed E-state index contributed by atoms with van der Waals surface area (Å²) in [4.78, 5) is 205. The largest absolute Gasteiger partial charge is 0.496 e. The van der Waals surface area contributed by atoms with E-state index >= 15 is 38.4 Å². The molecular weight excluding hydrogens is 1420 g/mol. The molecule has 2 saturated heterocycles. The molecular formula is C79H126ClN13O16. The Morgan fingerprint density at radius 3 is 1.58 bits per heavy atom. The Morgan fingerprint density at radius 1 is 0.578 bits per heavy atom. The number of methoxy groups -OCH3 is 1. The van der Waals surface area contributed by atoms with Gasteiger partial charge in [0.05, 0.1) is 50.5 Å². The fourth-order valence-corrected chi connectivity index (χ4v) is 13.5. The number of nitrogens with one attached hydrogen (secondary N) is 5. The zero-order valence-corrected chi connectivity index (χ0v) is 69.1. The van der Waals surface area contributed by atoms with Crippen LogP contribution in [0, 0.1) is 23.7 Å². The lowest BCUT2D eigenvalue weighted by Crippen LogP contribution is -2.62. The van der Waals surface area contributed by atoms with Gasteiger partial charge in [-0.3, -0.25) is 62.3 Å². The number of ether oxygens (including phenoxy) is 2. The van der Waals surface area contributed by atoms with Crippen molar-refractivity contribution in [2.24, 2.45) is 23.7 Å². The third kappa shape index (κ3) is 27.8. The van der Waals surface area contributed by atoms with Crippen LogP contribution in [0.15, 0.2) is 42.5 Å². The zero-order chi connectivity index (χ0) is 82.2. The van der Waals surface area contributed by atoms with Crippen LogP contribution in [0.3, 0.4) is 0 Å². The number of benzene rings is 2. The normalized spacial score (nSPS) is 23.4. The van der Waals surface area contributed by atoms with Gasteiger partial charge in [0, 0.05) is 86.8 Å². The molecule has 2 heterocycles. The average molecular weight is 1550 g/mol. The van der Waals surface area contributed by atoms with Crippen LogP contribution in [0.25, 0.3) is 0 Å². The molecule has 0 saturated carbocycles. The fraction of sp³-hybridized carbons (Fsp3) is 0.684. The highest BCUT2D eigenvalue weighted by Crippen LogP contribution is 2.26. The first kappa shape index (κ1) is 92.9. The number of aliphatic hydroxyl groups excluding tert-OH is 1. The van der Waals surface area contributed by atoms with Crippen molar-refractivity contribution < 1.29 is 76.9 Å². The monoisotopic (exact) mass is 1550 g/mol. The molecule has 6 N–H and O–H groups in total. The first-order valence-electron chi connectivity index (χ1n) is 38.3. The van der Waals surface area contributed by atoms with E-state index in [2.05, 4.69) is 26.6 Å². The van der Waals surface area contributed by atoms with Gasteiger partial charge in [-0.05, 0) is 138 Å². The third-order valence-corrected chi connectivity index (χ3v) is 20.0. The number of likely N-dealkylation sites (N-methyl/N-ethyl adjacent to an activating group) is 6. The summed E-state index contributed by atoms with van der Waals surface area (Å²) in [7, 11) is 11.0. The van der Waals surface area contributed by atoms with Gasteiger partial charge in [-0.2, -0.15) is 0 Å². The summed E-state index contributed by atoms with van der Waals surface area (Å²) in [5.74, 6) is -10.7. The summed E-state index contributed by atoms with van der Waals surface area (Å²) in [6, 6.07) is -1.97. The van der Waals surface area contributed by atoms with E-state index in [1.807, 2.05) is 48.5 Å². The maximum Gasteiger partial charge on any atom is 0.254 e. The zero-order valence-electron chi connectivity index (χ0n) is 68.4. The van der Waals surface area contributed by atoms with Gasteiger partial charge in [0.2, 0.25) is 70.9 Å². The van der Waals surface area contributed by atoms with Crippen LogP contribution in [0.2, 0.25) is 5.02 Å². The van der Waals surface area contributed by atoms with Gasteiger partial charge in [0.1, 0.15) is 60.1 Å². The van der Waals surface area contributed by atoms with Crippen molar-refractivity contribution in [3.63, 3.8) is 0 Å². The van der Waals surface area contributed by atoms with Crippen LogP contribution in [0.5, 0.6) is 5.75 Å². The molecule has 0 unspecified atom stereocenters. The van der Waals surface area contributed by atoms with E-state index in [4.69, 9.17) is 21.1 Å². The molecule has 13 amide bonds. The SMILES string of the molecule is CCCCN1CC(=O)N(C)[C@@H](CC(C)C)C(=O)N(C)[C@@H](CC(C)C)C(=O)N[C@@H](COC(C)(C)C)C(=O)N(C)[C@@H](CC(C)C)C(=O)N[C@H](C(=O)N2CCCCC2)CC(=O)N(C)CC(=O)N(C)[C@@H](Cc2cccc(Cl)c2)C(=O)N[C@@H](Cc2ccc(C(=O)NC)c(OC)c2)C(=O)N(C)[C@@H](CC(C)C)C(=O)N[C@@H]([C@@H](C)O)C1=O. The molecule has 0 aromatic heterocycles. The molecule has 0 aliphatic carbocycles. The minimum Gasteiger partial charge on any atom is -0.496 e. The first-order chi connectivity index (χ1) is 51.0. The summed E-state index contributed by atoms with van der Waals surface area (Å²) in [6.45, 7) is 22.0. The molecule has 2 aliphatic rings. The topological polar surface area (TPSA) is 347 Å². The standard InChI is InChI=1S/C79H126ClN13O16/c1-22-23-32-93-45-67(97)88(17)63(38-50(8)9)77(106)91(20)60(36-48(4)5)71(100)84-58(46-109-79(11,12)13)75(104)90(19)59(35-47(2)3)70(99)83-57(76(105)92-33-25-24-26-34-92)43-65(95)86(15)44-66(96)87(16)62(41-52-28-27-29-54(80)39-52)72(101)82-56(40-53-30-31-55(69(98)81-14)64(42-53)108-21)74(103)89(18)61(37-49(6)7)73(102)85-68(51(10)94)78(93)107/h27-31,39,42,47-51,56-63,68,94H,22-26,32-38,40-41,43-46H2,1-21H3,(H,81,98)(H,82,101)(H,83,99)(H,84,100)(H,85,102)/t51-,56+,57+,58+,59+,60+,61+,62+,63+,68+/m1/s1. The number of aliphatic hydroxyl groups is 1. The number of amides is 13. The fourth-order valence-electron chi connectivity index (χ4n) is 13.3. The Morgan fingerprint density at radius 2 is 1.06 bits per heavy atom. The first-order valence-corrected chi connectivity index (χ1v) is 38.6. The lowest BCUT2D eigenvalue weighted by atomic mass is 9.97. The van der Waals surface area contributed by atoms with Gasteiger partial charge in [0.15, 0.2) is 0 Å². The van der Waals surface area contributed by atoms with Crippen LogP contribution >= 0.6 is 11.6 Å². The number of carbonyl (C=O) groups is 13.